The molecule has 0 fully saturated rings. The van der Waals surface area contributed by atoms with E-state index in [1.807, 2.05) is 12.1 Å². The molecule has 1 heterocycles. The lowest BCUT2D eigenvalue weighted by molar-refractivity contribution is 0.526. The Bertz CT molecular complexity index is 610. The molecule has 5 heteroatoms. The molecule has 0 aliphatic heterocycles. The number of hydrogen-bond acceptors (Lipinski definition) is 3. The van der Waals surface area contributed by atoms with Crippen molar-refractivity contribution in [3.63, 3.8) is 0 Å². The van der Waals surface area contributed by atoms with Crippen molar-refractivity contribution < 1.29 is 0 Å². The lowest BCUT2D eigenvalue weighted by Crippen LogP contribution is -2.29. The molecule has 1 aromatic carbocycles. The van der Waals surface area contributed by atoms with E-state index in [-0.39, 0.29) is 6.04 Å². The van der Waals surface area contributed by atoms with E-state index < -0.39 is 0 Å². The van der Waals surface area contributed by atoms with Gasteiger partial charge >= 0.3 is 0 Å². The van der Waals surface area contributed by atoms with Gasteiger partial charge in [0, 0.05) is 20.9 Å². The average Bonchev–Trinajstić information content (AvgIpc) is 2.85. The maximum atomic E-state index is 6.43. The molecule has 2 rings (SSSR count). The molecule has 0 saturated heterocycles. The molecule has 2 aromatic rings. The molecule has 1 N–H and O–H groups in total. The fourth-order valence-electron chi connectivity index (χ4n) is 2.06. The van der Waals surface area contributed by atoms with Gasteiger partial charge in [-0.3, -0.25) is 0 Å². The fraction of sp³-hybridized carbons (Fsp3) is 0.438. The van der Waals surface area contributed by atoms with Gasteiger partial charge < -0.3 is 5.32 Å². The predicted octanol–water partition coefficient (Wildman–Crippen LogP) is 5.77. The van der Waals surface area contributed by atoms with Gasteiger partial charge in [-0.1, -0.05) is 47.4 Å². The molecule has 0 amide bonds. The number of aromatic nitrogens is 1. The van der Waals surface area contributed by atoms with E-state index >= 15 is 0 Å². The van der Waals surface area contributed by atoms with E-state index in [2.05, 4.69) is 60.4 Å². The summed E-state index contributed by atoms with van der Waals surface area (Å²) in [6.45, 7) is 8.60. The lowest BCUT2D eigenvalue weighted by Gasteiger charge is -2.21. The minimum atomic E-state index is 0.0306. The highest BCUT2D eigenvalue weighted by molar-refractivity contribution is 9.10. The molecule has 1 aromatic heterocycles. The monoisotopic (exact) mass is 386 g/mol. The Labute approximate surface area is 144 Å². The largest absolute Gasteiger partial charge is 0.302 e. The SMILES string of the molecule is CC(C)NC(c1nc(C(C)C)cs1)c1ccc(Br)cc1Cl. The predicted molar refractivity (Wildman–Crippen MR) is 95.5 cm³/mol. The van der Waals surface area contributed by atoms with Crippen molar-refractivity contribution in [3.05, 3.63) is 49.3 Å². The van der Waals surface area contributed by atoms with Crippen LogP contribution in [0.15, 0.2) is 28.1 Å². The Kier molecular flexibility index (Phi) is 5.83. The van der Waals surface area contributed by atoms with E-state index in [1.165, 1.54) is 0 Å². The van der Waals surface area contributed by atoms with Crippen molar-refractivity contribution in [3.8, 4) is 0 Å². The van der Waals surface area contributed by atoms with Crippen LogP contribution < -0.4 is 5.32 Å². The summed E-state index contributed by atoms with van der Waals surface area (Å²) in [5.41, 5.74) is 2.21. The van der Waals surface area contributed by atoms with Crippen molar-refractivity contribution in [1.29, 1.82) is 0 Å². The lowest BCUT2D eigenvalue weighted by atomic mass is 10.1. The third-order valence-corrected chi connectivity index (χ3v) is 4.90. The van der Waals surface area contributed by atoms with Gasteiger partial charge in [0.15, 0.2) is 0 Å². The van der Waals surface area contributed by atoms with E-state index in [9.17, 15) is 0 Å². The topological polar surface area (TPSA) is 24.9 Å². The van der Waals surface area contributed by atoms with Crippen molar-refractivity contribution in [2.75, 3.05) is 0 Å². The number of thiazole rings is 1. The van der Waals surface area contributed by atoms with E-state index in [4.69, 9.17) is 16.6 Å². The molecular weight excluding hydrogens is 368 g/mol. The zero-order chi connectivity index (χ0) is 15.6. The Morgan fingerprint density at radius 3 is 2.48 bits per heavy atom. The number of nitrogens with one attached hydrogen (secondary N) is 1. The molecule has 0 aliphatic carbocycles. The van der Waals surface area contributed by atoms with Crippen LogP contribution in [0.3, 0.4) is 0 Å². The summed E-state index contributed by atoms with van der Waals surface area (Å²) in [4.78, 5) is 4.79. The van der Waals surface area contributed by atoms with Crippen LogP contribution in [0.4, 0.5) is 0 Å². The number of halogens is 2. The zero-order valence-electron chi connectivity index (χ0n) is 12.7. The van der Waals surface area contributed by atoms with Crippen LogP contribution >= 0.6 is 38.9 Å². The van der Waals surface area contributed by atoms with E-state index in [1.54, 1.807) is 11.3 Å². The Balaban J connectivity index is 2.41. The minimum Gasteiger partial charge on any atom is -0.302 e. The molecule has 0 bridgehead atoms. The Morgan fingerprint density at radius 2 is 1.95 bits per heavy atom. The molecule has 114 valence electrons. The summed E-state index contributed by atoms with van der Waals surface area (Å²) in [7, 11) is 0. The third kappa shape index (κ3) is 4.28. The normalized spacial score (nSPS) is 13.1. The van der Waals surface area contributed by atoms with E-state index in [0.717, 1.165) is 25.8 Å². The second kappa shape index (κ2) is 7.23. The summed E-state index contributed by atoms with van der Waals surface area (Å²) in [5, 5.41) is 7.53. The van der Waals surface area contributed by atoms with Gasteiger partial charge in [0.05, 0.1) is 11.7 Å². The first kappa shape index (κ1) is 16.9. The number of benzene rings is 1. The van der Waals surface area contributed by atoms with Crippen LogP contribution in [-0.4, -0.2) is 11.0 Å². The summed E-state index contributed by atoms with van der Waals surface area (Å²) in [6, 6.07) is 6.39. The highest BCUT2D eigenvalue weighted by Crippen LogP contribution is 2.33. The van der Waals surface area contributed by atoms with Crippen LogP contribution in [0.2, 0.25) is 5.02 Å². The number of rotatable bonds is 5. The van der Waals surface area contributed by atoms with Crippen LogP contribution in [0.5, 0.6) is 0 Å². The maximum absolute atomic E-state index is 6.43. The second-order valence-electron chi connectivity index (χ2n) is 5.69. The first-order valence-electron chi connectivity index (χ1n) is 7.04. The fourth-order valence-corrected chi connectivity index (χ4v) is 3.90. The van der Waals surface area contributed by atoms with Crippen molar-refractivity contribution in [2.24, 2.45) is 0 Å². The molecule has 0 radical (unpaired) electrons. The third-order valence-electron chi connectivity index (χ3n) is 3.15. The quantitative estimate of drug-likeness (QED) is 0.704. The molecule has 0 saturated carbocycles. The first-order valence-corrected chi connectivity index (χ1v) is 9.10. The van der Waals surface area contributed by atoms with Gasteiger partial charge in [-0.25, -0.2) is 4.98 Å². The molecule has 0 aliphatic rings. The van der Waals surface area contributed by atoms with Crippen LogP contribution in [-0.2, 0) is 0 Å². The highest BCUT2D eigenvalue weighted by atomic mass is 79.9. The zero-order valence-corrected chi connectivity index (χ0v) is 15.8. The second-order valence-corrected chi connectivity index (χ2v) is 7.90. The molecular formula is C16H20BrClN2S. The van der Waals surface area contributed by atoms with E-state index in [0.29, 0.717) is 12.0 Å². The number of hydrogen-bond donors (Lipinski definition) is 1. The van der Waals surface area contributed by atoms with Gasteiger partial charge in [0.2, 0.25) is 0 Å². The summed E-state index contributed by atoms with van der Waals surface area (Å²) in [5.74, 6) is 0.440. The standard InChI is InChI=1S/C16H20BrClN2S/c1-9(2)14-8-21-16(20-14)15(19-10(3)4)12-6-5-11(17)7-13(12)18/h5-10,15,19H,1-4H3. The Hall–Kier alpha value is -0.420. The van der Waals surface area contributed by atoms with Gasteiger partial charge in [0.25, 0.3) is 0 Å². The maximum Gasteiger partial charge on any atom is 0.114 e. The minimum absolute atomic E-state index is 0.0306. The number of nitrogens with zero attached hydrogens (tertiary/aromatic N) is 1. The molecule has 21 heavy (non-hydrogen) atoms. The van der Waals surface area contributed by atoms with Gasteiger partial charge in [-0.15, -0.1) is 11.3 Å². The Morgan fingerprint density at radius 1 is 1.24 bits per heavy atom. The molecule has 2 nitrogen and oxygen atoms in total. The molecule has 0 spiro atoms. The summed E-state index contributed by atoms with van der Waals surface area (Å²) in [6.07, 6.45) is 0. The van der Waals surface area contributed by atoms with Crippen molar-refractivity contribution >= 4 is 38.9 Å². The average molecular weight is 388 g/mol. The first-order chi connectivity index (χ1) is 9.88. The van der Waals surface area contributed by atoms with Crippen LogP contribution in [0.25, 0.3) is 0 Å². The van der Waals surface area contributed by atoms with Gasteiger partial charge in [0.1, 0.15) is 5.01 Å². The van der Waals surface area contributed by atoms with Gasteiger partial charge in [-0.05, 0) is 37.5 Å². The van der Waals surface area contributed by atoms with Crippen molar-refractivity contribution in [1.82, 2.24) is 10.3 Å². The van der Waals surface area contributed by atoms with Gasteiger partial charge in [-0.2, -0.15) is 0 Å². The van der Waals surface area contributed by atoms with Crippen LogP contribution in [0.1, 0.15) is 55.9 Å². The highest BCUT2D eigenvalue weighted by Gasteiger charge is 2.21. The molecule has 1 unspecified atom stereocenters. The van der Waals surface area contributed by atoms with Crippen LogP contribution in [0, 0.1) is 0 Å². The smallest absolute Gasteiger partial charge is 0.114 e. The van der Waals surface area contributed by atoms with Crippen molar-refractivity contribution in [2.45, 2.75) is 45.7 Å². The summed E-state index contributed by atoms with van der Waals surface area (Å²) >= 11 is 11.6. The summed E-state index contributed by atoms with van der Waals surface area (Å²) < 4.78 is 0.988. The molecule has 1 atom stereocenters.